The molecule has 0 amide bonds. The van der Waals surface area contributed by atoms with Crippen LogP contribution in [-0.2, 0) is 28.7 Å². The standard InChI is InChI=1S/2C11H21O2.2C10H20O2S.Sn/c2*1-4-7-8-10(5-2)9-13-11(12)6-3;2*1-3-5-6-8(4-2)7-9(13)10(11)12;/h2*10H,3-9H2,1-2H3;2*8-9,13H,3-7H2,1-2H3,(H,11,12);/q;;;;+2/p-2. The van der Waals surface area contributed by atoms with Crippen LogP contribution in [0, 0.1) is 23.7 Å². The van der Waals surface area contributed by atoms with Crippen molar-refractivity contribution < 1.29 is 38.9 Å². The summed E-state index contributed by atoms with van der Waals surface area (Å²) in [5.41, 5.74) is 0. The molecule has 0 aliphatic heterocycles. The van der Waals surface area contributed by atoms with Crippen LogP contribution in [0.5, 0.6) is 0 Å². The van der Waals surface area contributed by atoms with Crippen molar-refractivity contribution in [2.45, 2.75) is 203 Å². The van der Waals surface area contributed by atoms with E-state index < -0.39 is 43.6 Å². The molecular formula is C42H80O8S2Sn. The molecule has 11 heteroatoms. The molecule has 312 valence electrons. The normalized spacial score (nSPS) is 14.1. The number of carbonyl (C=O) groups is 4. The summed E-state index contributed by atoms with van der Waals surface area (Å²) >= 11 is 7.29. The van der Waals surface area contributed by atoms with Crippen molar-refractivity contribution >= 4 is 70.3 Å². The van der Waals surface area contributed by atoms with E-state index in [1.165, 1.54) is 51.4 Å². The van der Waals surface area contributed by atoms with Crippen molar-refractivity contribution in [3.05, 3.63) is 0 Å². The number of rotatable bonds is 32. The van der Waals surface area contributed by atoms with Crippen LogP contribution in [0.4, 0.5) is 0 Å². The maximum absolute atomic E-state index is 11.8. The molecule has 0 saturated carbocycles. The molecule has 8 nitrogen and oxygen atoms in total. The molecule has 0 aliphatic rings. The third-order valence-electron chi connectivity index (χ3n) is 9.80. The number of carboxylic acid groups (broad SMARTS) is 2. The Bertz CT molecular complexity index is 810. The number of thiol groups is 2. The van der Waals surface area contributed by atoms with Gasteiger partial charge in [0.2, 0.25) is 0 Å². The van der Waals surface area contributed by atoms with Crippen LogP contribution in [-0.4, -0.2) is 68.7 Å². The van der Waals surface area contributed by atoms with Crippen LogP contribution in [0.25, 0.3) is 0 Å². The number of hydrogen-bond acceptors (Lipinski definition) is 10. The third kappa shape index (κ3) is 38.1. The summed E-state index contributed by atoms with van der Waals surface area (Å²) in [4.78, 5) is 44.6. The summed E-state index contributed by atoms with van der Waals surface area (Å²) in [6.45, 7) is 18.3. The zero-order valence-electron chi connectivity index (χ0n) is 35.1. The number of carboxylic acids is 2. The van der Waals surface area contributed by atoms with E-state index in [2.05, 4.69) is 80.6 Å². The molecular weight excluding hydrogens is 815 g/mol. The first-order valence-corrected chi connectivity index (χ1v) is 26.2. The summed E-state index contributed by atoms with van der Waals surface area (Å²) in [7, 11) is 0. The van der Waals surface area contributed by atoms with Crippen molar-refractivity contribution in [1.82, 2.24) is 0 Å². The van der Waals surface area contributed by atoms with Crippen molar-refractivity contribution in [2.24, 2.45) is 23.7 Å². The van der Waals surface area contributed by atoms with Gasteiger partial charge in [0.1, 0.15) is 0 Å². The third-order valence-corrected chi connectivity index (χ3v) is 14.1. The van der Waals surface area contributed by atoms with Gasteiger partial charge in [-0.1, -0.05) is 79.1 Å². The molecule has 6 unspecified atom stereocenters. The summed E-state index contributed by atoms with van der Waals surface area (Å²) < 4.78 is 12.8. The SMILES string of the molecule is CCCCC(CC)CC(S)C(=O)[O-].CCCCC(CC)CC(S)C(=O)[O-].CCCCC(CC)COC(=O)C[CH2][Sn+2][CH2]CC(=O)OCC(CC)CCCC. The monoisotopic (exact) mass is 896 g/mol. The fourth-order valence-corrected chi connectivity index (χ4v) is 9.14. The van der Waals surface area contributed by atoms with Crippen molar-refractivity contribution in [3.8, 4) is 0 Å². The van der Waals surface area contributed by atoms with Gasteiger partial charge in [-0.2, -0.15) is 25.3 Å². The van der Waals surface area contributed by atoms with Crippen molar-refractivity contribution in [2.75, 3.05) is 13.2 Å². The Hall–Kier alpha value is -0.621. The molecule has 0 bridgehead atoms. The van der Waals surface area contributed by atoms with Crippen LogP contribution in [0.2, 0.25) is 8.87 Å². The molecule has 0 aromatic rings. The van der Waals surface area contributed by atoms with Crippen LogP contribution < -0.4 is 10.2 Å². The average Bonchev–Trinajstić information content (AvgIpc) is 3.15. The predicted molar refractivity (Wildman–Crippen MR) is 225 cm³/mol. The number of hydrogen-bond donors (Lipinski definition) is 2. The molecule has 53 heavy (non-hydrogen) atoms. The number of esters is 2. The van der Waals surface area contributed by atoms with Gasteiger partial charge in [0.15, 0.2) is 0 Å². The molecule has 0 radical (unpaired) electrons. The molecule has 0 aromatic carbocycles. The zero-order chi connectivity index (χ0) is 40.9. The van der Waals surface area contributed by atoms with E-state index in [1.807, 2.05) is 0 Å². The molecule has 0 N–H and O–H groups in total. The summed E-state index contributed by atoms with van der Waals surface area (Å²) in [5, 5.41) is 19.7. The van der Waals surface area contributed by atoms with E-state index in [0.29, 0.717) is 62.6 Å². The van der Waals surface area contributed by atoms with Gasteiger partial charge in [0.25, 0.3) is 0 Å². The van der Waals surface area contributed by atoms with Crippen molar-refractivity contribution in [1.29, 1.82) is 0 Å². The molecule has 6 atom stereocenters. The Morgan fingerprint density at radius 1 is 0.509 bits per heavy atom. The van der Waals surface area contributed by atoms with E-state index in [0.717, 1.165) is 60.2 Å². The number of carbonyl (C=O) groups excluding carboxylic acids is 4. The Morgan fingerprint density at radius 3 is 1.04 bits per heavy atom. The molecule has 0 spiro atoms. The predicted octanol–water partition coefficient (Wildman–Crippen LogP) is 9.11. The quantitative estimate of drug-likeness (QED) is 0.0296. The Morgan fingerprint density at radius 2 is 0.792 bits per heavy atom. The second-order valence-corrected chi connectivity index (χ2v) is 20.0. The minimum absolute atomic E-state index is 0.0601. The fraction of sp³-hybridized carbons (Fsp3) is 0.905. The first kappa shape index (κ1) is 56.7. The maximum atomic E-state index is 11.8. The van der Waals surface area contributed by atoms with Crippen molar-refractivity contribution in [3.63, 3.8) is 0 Å². The van der Waals surface area contributed by atoms with E-state index >= 15 is 0 Å². The summed E-state index contributed by atoms with van der Waals surface area (Å²) in [6, 6.07) is 0. The van der Waals surface area contributed by atoms with Crippen LogP contribution in [0.1, 0.15) is 184 Å². The van der Waals surface area contributed by atoms with Gasteiger partial charge in [0, 0.05) is 10.5 Å². The Balaban J connectivity index is -0.000000800. The second-order valence-electron chi connectivity index (χ2n) is 14.4. The van der Waals surface area contributed by atoms with Gasteiger partial charge in [0.05, 0.1) is 11.9 Å². The van der Waals surface area contributed by atoms with Crippen LogP contribution in [0.3, 0.4) is 0 Å². The number of ether oxygens (including phenoxy) is 2. The Labute approximate surface area is 347 Å². The van der Waals surface area contributed by atoms with E-state index in [1.54, 1.807) is 0 Å². The molecule has 0 aliphatic carbocycles. The van der Waals surface area contributed by atoms with Gasteiger partial charge in [-0.15, -0.1) is 0 Å². The van der Waals surface area contributed by atoms with Gasteiger partial charge in [-0.3, -0.25) is 0 Å². The van der Waals surface area contributed by atoms with E-state index in [-0.39, 0.29) is 11.9 Å². The van der Waals surface area contributed by atoms with Gasteiger partial charge in [-0.05, 0) is 24.7 Å². The van der Waals surface area contributed by atoms with E-state index in [9.17, 15) is 29.4 Å². The number of aliphatic carboxylic acids is 2. The van der Waals surface area contributed by atoms with Crippen LogP contribution >= 0.6 is 25.3 Å². The van der Waals surface area contributed by atoms with Gasteiger partial charge >= 0.3 is 178 Å². The molecule has 0 aromatic heterocycles. The molecule has 0 saturated heterocycles. The van der Waals surface area contributed by atoms with Crippen LogP contribution in [0.15, 0.2) is 0 Å². The average molecular weight is 896 g/mol. The summed E-state index contributed by atoms with van der Waals surface area (Å²) in [6.07, 6.45) is 20.5. The van der Waals surface area contributed by atoms with Gasteiger partial charge < -0.3 is 19.8 Å². The first-order valence-electron chi connectivity index (χ1n) is 21.1. The molecule has 0 fully saturated rings. The first-order chi connectivity index (χ1) is 25.3. The second kappa shape index (κ2) is 41.0. The zero-order valence-corrected chi connectivity index (χ0v) is 39.7. The topological polar surface area (TPSA) is 133 Å². The molecule has 0 heterocycles. The minimum atomic E-state index is -1.04. The molecule has 0 rings (SSSR count). The Kier molecular flexibility index (Phi) is 43.9. The van der Waals surface area contributed by atoms with Gasteiger partial charge in [-0.25, -0.2) is 0 Å². The van der Waals surface area contributed by atoms with E-state index in [4.69, 9.17) is 9.47 Å². The summed E-state index contributed by atoms with van der Waals surface area (Å²) in [5.74, 6) is -0.219. The number of unbranched alkanes of at least 4 members (excludes halogenated alkanes) is 4. The fourth-order valence-electron chi connectivity index (χ4n) is 5.65.